The minimum absolute atomic E-state index is 0.0222. The summed E-state index contributed by atoms with van der Waals surface area (Å²) in [6, 6.07) is 1.48. The fourth-order valence-electron chi connectivity index (χ4n) is 5.11. The molecular formula is C28H27ClF6N10O2. The van der Waals surface area contributed by atoms with Crippen LogP contribution < -0.4 is 20.3 Å². The van der Waals surface area contributed by atoms with Gasteiger partial charge in [-0.2, -0.15) is 31.4 Å². The topological polar surface area (TPSA) is 136 Å². The molecule has 5 rings (SSSR count). The van der Waals surface area contributed by atoms with E-state index in [1.165, 1.54) is 54.6 Å². The van der Waals surface area contributed by atoms with Crippen LogP contribution in [-0.2, 0) is 13.2 Å². The van der Waals surface area contributed by atoms with Gasteiger partial charge in [-0.1, -0.05) is 11.6 Å². The van der Waals surface area contributed by atoms with Gasteiger partial charge in [0, 0.05) is 61.2 Å². The Morgan fingerprint density at radius 3 is 2.21 bits per heavy atom. The molecule has 250 valence electrons. The van der Waals surface area contributed by atoms with E-state index in [1.54, 1.807) is 6.07 Å². The van der Waals surface area contributed by atoms with Gasteiger partial charge in [0.15, 0.2) is 0 Å². The van der Waals surface area contributed by atoms with Crippen LogP contribution in [0.4, 0.5) is 42.9 Å². The highest BCUT2D eigenvalue weighted by molar-refractivity contribution is 6.32. The van der Waals surface area contributed by atoms with Crippen LogP contribution in [0.3, 0.4) is 0 Å². The van der Waals surface area contributed by atoms with Gasteiger partial charge in [-0.3, -0.25) is 9.58 Å². The molecule has 0 aromatic carbocycles. The fraction of sp³-hybridized carbons (Fsp3) is 0.393. The predicted molar refractivity (Wildman–Crippen MR) is 158 cm³/mol. The van der Waals surface area contributed by atoms with E-state index >= 15 is 0 Å². The van der Waals surface area contributed by atoms with Crippen molar-refractivity contribution in [3.63, 3.8) is 0 Å². The zero-order chi connectivity index (χ0) is 33.9. The number of urea groups is 1. The monoisotopic (exact) mass is 684 g/mol. The molecule has 0 saturated heterocycles. The SMILES string of the molecule is COc1ncc(-c2ccc(N(C(=O)NCC(F)(F)F)[C@H]3CC[C@H](Nc4ncc(C(F)(F)F)c(-c5nn(C)cc5Cl)n4)CC3)nc2)cn1. The number of pyridine rings is 1. The number of anilines is 2. The summed E-state index contributed by atoms with van der Waals surface area (Å²) >= 11 is 6.12. The number of hydrogen-bond donors (Lipinski definition) is 2. The standard InChI is InChI=1S/C28H27ClF6N10O2/c1-44-13-20(29)23(43-44)22-19(28(33,34)35)12-37-24(42-22)41-17-4-6-18(7-5-17)45(26(46)40-14-27(30,31)32)21-8-3-15(9-36-21)16-10-38-25(47-2)39-11-16/h3,8-13,17-18H,4-7,14H2,1-2H3,(H,40,46)(H,37,41,42)/t17-,18-. The first-order valence-corrected chi connectivity index (χ1v) is 14.5. The van der Waals surface area contributed by atoms with Crippen LogP contribution in [0.2, 0.25) is 5.02 Å². The maximum Gasteiger partial charge on any atom is 0.420 e. The highest BCUT2D eigenvalue weighted by atomic mass is 35.5. The van der Waals surface area contributed by atoms with Crippen molar-refractivity contribution < 1.29 is 35.9 Å². The Hall–Kier alpha value is -4.74. The lowest BCUT2D eigenvalue weighted by Gasteiger charge is -2.36. The first-order valence-electron chi connectivity index (χ1n) is 14.1. The molecule has 0 unspecified atom stereocenters. The Kier molecular flexibility index (Phi) is 9.69. The second kappa shape index (κ2) is 13.5. The lowest BCUT2D eigenvalue weighted by atomic mass is 9.90. The molecule has 0 bridgehead atoms. The van der Waals surface area contributed by atoms with Crippen molar-refractivity contribution in [1.29, 1.82) is 0 Å². The van der Waals surface area contributed by atoms with Gasteiger partial charge in [0.25, 0.3) is 0 Å². The number of ether oxygens (including phenoxy) is 1. The van der Waals surface area contributed by atoms with Crippen LogP contribution in [0.25, 0.3) is 22.5 Å². The molecule has 0 spiro atoms. The van der Waals surface area contributed by atoms with Gasteiger partial charge in [0.1, 0.15) is 29.3 Å². The number of nitrogens with one attached hydrogen (secondary N) is 2. The Morgan fingerprint density at radius 2 is 1.66 bits per heavy atom. The Labute approximate surface area is 268 Å². The van der Waals surface area contributed by atoms with E-state index < -0.39 is 42.2 Å². The minimum Gasteiger partial charge on any atom is -0.467 e. The Bertz CT molecular complexity index is 1690. The number of hydrogen-bond acceptors (Lipinski definition) is 9. The van der Waals surface area contributed by atoms with Gasteiger partial charge in [0.2, 0.25) is 5.95 Å². The van der Waals surface area contributed by atoms with Crippen LogP contribution in [-0.4, -0.2) is 72.6 Å². The van der Waals surface area contributed by atoms with Crippen molar-refractivity contribution in [2.45, 2.75) is 50.1 Å². The molecule has 47 heavy (non-hydrogen) atoms. The van der Waals surface area contributed by atoms with Gasteiger partial charge in [-0.25, -0.2) is 29.7 Å². The third-order valence-corrected chi connectivity index (χ3v) is 7.57. The summed E-state index contributed by atoms with van der Waals surface area (Å²) < 4.78 is 86.4. The van der Waals surface area contributed by atoms with Crippen molar-refractivity contribution in [3.8, 4) is 28.5 Å². The van der Waals surface area contributed by atoms with Gasteiger partial charge < -0.3 is 15.4 Å². The lowest BCUT2D eigenvalue weighted by molar-refractivity contribution is -0.137. The maximum atomic E-state index is 13.8. The third-order valence-electron chi connectivity index (χ3n) is 7.30. The average molecular weight is 685 g/mol. The number of methoxy groups -OCH3 is 1. The van der Waals surface area contributed by atoms with Crippen molar-refractivity contribution in [1.82, 2.24) is 40.0 Å². The molecule has 0 aliphatic heterocycles. The van der Waals surface area contributed by atoms with Crippen LogP contribution in [0.1, 0.15) is 31.2 Å². The number of amides is 2. The highest BCUT2D eigenvalue weighted by Gasteiger charge is 2.38. The molecule has 0 atom stereocenters. The number of aromatic nitrogens is 7. The van der Waals surface area contributed by atoms with E-state index in [-0.39, 0.29) is 34.5 Å². The average Bonchev–Trinajstić information content (AvgIpc) is 3.37. The summed E-state index contributed by atoms with van der Waals surface area (Å²) in [4.78, 5) is 34.7. The number of nitrogens with zero attached hydrogens (tertiary/aromatic N) is 8. The quantitative estimate of drug-likeness (QED) is 0.217. The third kappa shape index (κ3) is 8.16. The minimum atomic E-state index is -4.77. The molecule has 19 heteroatoms. The zero-order valence-corrected chi connectivity index (χ0v) is 25.5. The molecule has 1 fully saturated rings. The Morgan fingerprint density at radius 1 is 0.979 bits per heavy atom. The fourth-order valence-corrected chi connectivity index (χ4v) is 5.38. The van der Waals surface area contributed by atoms with Gasteiger partial charge >= 0.3 is 24.4 Å². The smallest absolute Gasteiger partial charge is 0.420 e. The lowest BCUT2D eigenvalue weighted by Crippen LogP contribution is -2.50. The number of rotatable bonds is 8. The number of carbonyl (C=O) groups is 1. The van der Waals surface area contributed by atoms with Gasteiger partial charge in [0.05, 0.1) is 12.1 Å². The number of aryl methyl sites for hydroxylation is 1. The van der Waals surface area contributed by atoms with E-state index in [0.29, 0.717) is 43.0 Å². The predicted octanol–water partition coefficient (Wildman–Crippen LogP) is 5.91. The van der Waals surface area contributed by atoms with E-state index in [1.807, 2.05) is 5.32 Å². The molecule has 4 heterocycles. The highest BCUT2D eigenvalue weighted by Crippen LogP contribution is 2.38. The summed E-state index contributed by atoms with van der Waals surface area (Å²) in [6.07, 6.45) is -1.49. The maximum absolute atomic E-state index is 13.8. The van der Waals surface area contributed by atoms with Crippen LogP contribution in [0.15, 0.2) is 43.1 Å². The van der Waals surface area contributed by atoms with Crippen molar-refractivity contribution in [2.24, 2.45) is 7.05 Å². The van der Waals surface area contributed by atoms with Crippen LogP contribution in [0, 0.1) is 0 Å². The molecule has 1 aliphatic carbocycles. The Balaban J connectivity index is 1.32. The normalized spacial score (nSPS) is 16.9. The summed E-state index contributed by atoms with van der Waals surface area (Å²) in [5.74, 6) is 0.0416. The molecule has 2 amide bonds. The first kappa shape index (κ1) is 33.6. The molecule has 1 saturated carbocycles. The second-order valence-corrected chi connectivity index (χ2v) is 11.0. The number of carbonyl (C=O) groups excluding carboxylic acids is 1. The van der Waals surface area contributed by atoms with E-state index in [2.05, 4.69) is 35.3 Å². The molecule has 4 aromatic rings. The first-order chi connectivity index (χ1) is 22.2. The number of halogens is 7. The second-order valence-electron chi connectivity index (χ2n) is 10.6. The van der Waals surface area contributed by atoms with Crippen molar-refractivity contribution >= 4 is 29.4 Å². The van der Waals surface area contributed by atoms with Crippen LogP contribution in [0.5, 0.6) is 6.01 Å². The molecule has 1 aliphatic rings. The summed E-state index contributed by atoms with van der Waals surface area (Å²) in [5, 5.41) is 8.94. The molecule has 2 N–H and O–H groups in total. The van der Waals surface area contributed by atoms with Crippen molar-refractivity contribution in [3.05, 3.63) is 53.7 Å². The zero-order valence-electron chi connectivity index (χ0n) is 24.8. The van der Waals surface area contributed by atoms with Crippen molar-refractivity contribution in [2.75, 3.05) is 23.9 Å². The van der Waals surface area contributed by atoms with E-state index in [0.717, 1.165) is 0 Å². The number of alkyl halides is 6. The summed E-state index contributed by atoms with van der Waals surface area (Å²) in [7, 11) is 2.93. The van der Waals surface area contributed by atoms with Gasteiger partial charge in [-0.15, -0.1) is 0 Å². The molecule has 4 aromatic heterocycles. The van der Waals surface area contributed by atoms with Crippen LogP contribution >= 0.6 is 11.6 Å². The molecular weight excluding hydrogens is 658 g/mol. The van der Waals surface area contributed by atoms with E-state index in [9.17, 15) is 31.1 Å². The summed E-state index contributed by atoms with van der Waals surface area (Å²) in [5.41, 5.74) is -0.552. The summed E-state index contributed by atoms with van der Waals surface area (Å²) in [6.45, 7) is -1.53. The van der Waals surface area contributed by atoms with E-state index in [4.69, 9.17) is 16.3 Å². The molecule has 0 radical (unpaired) electrons. The largest absolute Gasteiger partial charge is 0.467 e. The molecule has 12 nitrogen and oxygen atoms in total. The van der Waals surface area contributed by atoms with Gasteiger partial charge in [-0.05, 0) is 37.8 Å².